The van der Waals surface area contributed by atoms with E-state index in [4.69, 9.17) is 11.6 Å². The van der Waals surface area contributed by atoms with Gasteiger partial charge in [0.2, 0.25) is 0 Å². The Morgan fingerprint density at radius 2 is 1.81 bits per heavy atom. The van der Waals surface area contributed by atoms with E-state index in [2.05, 4.69) is 44.1 Å². The maximum atomic E-state index is 10.00. The van der Waals surface area contributed by atoms with Crippen LogP contribution in [0.1, 0.15) is 66.7 Å². The molecule has 204 valence electrons. The summed E-state index contributed by atoms with van der Waals surface area (Å²) in [6.45, 7) is 0. The average Bonchev–Trinajstić information content (AvgIpc) is 3.76. The molecule has 0 spiro atoms. The van der Waals surface area contributed by atoms with Gasteiger partial charge in [0.1, 0.15) is 11.8 Å². The van der Waals surface area contributed by atoms with Crippen molar-refractivity contribution < 1.29 is 1.37 Å². The van der Waals surface area contributed by atoms with E-state index in [1.54, 1.807) is 47.3 Å². The van der Waals surface area contributed by atoms with Crippen molar-refractivity contribution in [2.45, 2.75) is 37.4 Å². The topological polar surface area (TPSA) is 139 Å². The molecule has 1 aliphatic rings. The number of anilines is 2. The molecule has 2 atom stereocenters. The molecule has 5 aromatic rings. The van der Waals surface area contributed by atoms with Crippen LogP contribution in [0.2, 0.25) is 5.02 Å². The van der Waals surface area contributed by atoms with E-state index in [-0.39, 0.29) is 18.0 Å². The quantitative estimate of drug-likeness (QED) is 0.196. The standard InChI is InChI=1S/C32H24ClN9/c33-27-15-24(38-31(22-8-4-5-20(13-22)16-35)29-19-42(41-40-29)25-9-10-25)14-26-30(23(17-36)18-37-32(26)27)39-28(11-12-34)21-6-2-1-3-7-21/h1-8,13-15,18-19,25,28,31,38H,9-11H2,(H,37,39)/t28-,31-/m1/s1/i31D. The van der Waals surface area contributed by atoms with Crippen LogP contribution >= 0.6 is 11.6 Å². The Hall–Kier alpha value is -5.43. The molecule has 1 fully saturated rings. The zero-order valence-electron chi connectivity index (χ0n) is 23.3. The summed E-state index contributed by atoms with van der Waals surface area (Å²) < 4.78 is 11.4. The number of fused-ring (bicyclic) bond motifs is 1. The minimum Gasteiger partial charge on any atom is -0.376 e. The van der Waals surface area contributed by atoms with Gasteiger partial charge in [-0.15, -0.1) is 5.10 Å². The van der Waals surface area contributed by atoms with E-state index >= 15 is 0 Å². The van der Waals surface area contributed by atoms with Gasteiger partial charge in [-0.3, -0.25) is 4.98 Å². The Balaban J connectivity index is 1.48. The minimum absolute atomic E-state index is 0.159. The van der Waals surface area contributed by atoms with Crippen LogP contribution in [-0.2, 0) is 0 Å². The highest BCUT2D eigenvalue weighted by atomic mass is 35.5. The van der Waals surface area contributed by atoms with E-state index in [1.807, 2.05) is 30.3 Å². The van der Waals surface area contributed by atoms with Gasteiger partial charge in [0.25, 0.3) is 0 Å². The Morgan fingerprint density at radius 1 is 1.00 bits per heavy atom. The second kappa shape index (κ2) is 11.6. The van der Waals surface area contributed by atoms with Crippen LogP contribution in [0.4, 0.5) is 11.4 Å². The summed E-state index contributed by atoms with van der Waals surface area (Å²) in [6.07, 6.45) is 5.38. The van der Waals surface area contributed by atoms with Crippen LogP contribution in [-0.4, -0.2) is 20.0 Å². The van der Waals surface area contributed by atoms with E-state index in [0.29, 0.717) is 44.1 Å². The fourth-order valence-electron chi connectivity index (χ4n) is 4.86. The van der Waals surface area contributed by atoms with Crippen molar-refractivity contribution in [3.63, 3.8) is 0 Å². The second-order valence-electron chi connectivity index (χ2n) is 9.99. The number of nitrogens with one attached hydrogen (secondary N) is 2. The molecule has 0 saturated heterocycles. The highest BCUT2D eigenvalue weighted by Gasteiger charge is 2.27. The molecule has 42 heavy (non-hydrogen) atoms. The third-order valence-corrected chi connectivity index (χ3v) is 7.39. The number of halogens is 1. The summed E-state index contributed by atoms with van der Waals surface area (Å²) in [6, 6.07) is 24.6. The van der Waals surface area contributed by atoms with Gasteiger partial charge in [-0.05, 0) is 48.2 Å². The van der Waals surface area contributed by atoms with Crippen molar-refractivity contribution in [3.05, 3.63) is 112 Å². The van der Waals surface area contributed by atoms with E-state index in [9.17, 15) is 17.2 Å². The summed E-state index contributed by atoms with van der Waals surface area (Å²) in [5.74, 6) is 0. The molecular weight excluding hydrogens is 546 g/mol. The molecule has 0 unspecified atom stereocenters. The van der Waals surface area contributed by atoms with Gasteiger partial charge < -0.3 is 10.6 Å². The van der Waals surface area contributed by atoms with Crippen molar-refractivity contribution in [3.8, 4) is 18.2 Å². The molecule has 0 bridgehead atoms. The van der Waals surface area contributed by atoms with Gasteiger partial charge in [-0.1, -0.05) is 59.3 Å². The molecule has 1 saturated carbocycles. The van der Waals surface area contributed by atoms with Gasteiger partial charge in [0.05, 0.1) is 71.6 Å². The molecule has 2 aromatic heterocycles. The highest BCUT2D eigenvalue weighted by Crippen LogP contribution is 2.38. The summed E-state index contributed by atoms with van der Waals surface area (Å²) in [5, 5.41) is 45.3. The third kappa shape index (κ3) is 5.45. The number of rotatable bonds is 9. The van der Waals surface area contributed by atoms with Gasteiger partial charge in [-0.25, -0.2) is 4.68 Å². The zero-order valence-corrected chi connectivity index (χ0v) is 23.0. The van der Waals surface area contributed by atoms with Crippen molar-refractivity contribution in [2.24, 2.45) is 0 Å². The van der Waals surface area contributed by atoms with Crippen molar-refractivity contribution >= 4 is 33.9 Å². The van der Waals surface area contributed by atoms with Crippen LogP contribution in [0, 0.1) is 34.0 Å². The van der Waals surface area contributed by atoms with Gasteiger partial charge in [0.15, 0.2) is 0 Å². The summed E-state index contributed by atoms with van der Waals surface area (Å²) >= 11 is 6.77. The Labute approximate surface area is 249 Å². The number of nitriles is 3. The maximum Gasteiger partial charge on any atom is 0.109 e. The van der Waals surface area contributed by atoms with E-state index in [0.717, 1.165) is 18.4 Å². The van der Waals surface area contributed by atoms with E-state index in [1.165, 1.54) is 6.20 Å². The molecule has 1 aliphatic carbocycles. The number of pyridine rings is 1. The molecule has 0 radical (unpaired) electrons. The molecule has 0 amide bonds. The first kappa shape index (κ1) is 25.5. The Bertz CT molecular complexity index is 1950. The summed E-state index contributed by atoms with van der Waals surface area (Å²) in [7, 11) is 0. The van der Waals surface area contributed by atoms with Crippen LogP contribution < -0.4 is 10.6 Å². The van der Waals surface area contributed by atoms with Crippen LogP contribution in [0.3, 0.4) is 0 Å². The first-order chi connectivity index (χ1) is 20.9. The Kier molecular flexibility index (Phi) is 7.04. The van der Waals surface area contributed by atoms with Gasteiger partial charge in [-0.2, -0.15) is 15.8 Å². The molecule has 2 heterocycles. The number of nitrogens with zero attached hydrogens (tertiary/aromatic N) is 7. The zero-order chi connectivity index (χ0) is 30.0. The monoisotopic (exact) mass is 570 g/mol. The lowest BCUT2D eigenvalue weighted by Crippen LogP contribution is -2.14. The summed E-state index contributed by atoms with van der Waals surface area (Å²) in [4.78, 5) is 4.45. The predicted octanol–water partition coefficient (Wildman–Crippen LogP) is 6.83. The smallest absolute Gasteiger partial charge is 0.109 e. The van der Waals surface area contributed by atoms with Gasteiger partial charge in [0, 0.05) is 17.3 Å². The maximum absolute atomic E-state index is 10.00. The van der Waals surface area contributed by atoms with Crippen molar-refractivity contribution in [2.75, 3.05) is 10.6 Å². The normalized spacial score (nSPS) is 15.0. The molecule has 9 nitrogen and oxygen atoms in total. The van der Waals surface area contributed by atoms with E-state index < -0.39 is 12.1 Å². The highest BCUT2D eigenvalue weighted by molar-refractivity contribution is 6.35. The van der Waals surface area contributed by atoms with Gasteiger partial charge >= 0.3 is 0 Å². The van der Waals surface area contributed by atoms with Crippen molar-refractivity contribution in [1.29, 1.82) is 15.8 Å². The second-order valence-corrected chi connectivity index (χ2v) is 10.4. The average molecular weight is 571 g/mol. The lowest BCUT2D eigenvalue weighted by atomic mass is 10.0. The largest absolute Gasteiger partial charge is 0.376 e. The summed E-state index contributed by atoms with van der Waals surface area (Å²) in [5.41, 5.74) is 3.82. The fraction of sp³-hybridized carbons (Fsp3) is 0.188. The predicted molar refractivity (Wildman–Crippen MR) is 159 cm³/mol. The number of hydrogen-bond acceptors (Lipinski definition) is 8. The third-order valence-electron chi connectivity index (χ3n) is 7.10. The molecule has 6 rings (SSSR count). The van der Waals surface area contributed by atoms with Crippen LogP contribution in [0.5, 0.6) is 0 Å². The van der Waals surface area contributed by atoms with Crippen LogP contribution in [0.25, 0.3) is 10.9 Å². The molecule has 2 N–H and O–H groups in total. The first-order valence-corrected chi connectivity index (χ1v) is 13.7. The molecule has 10 heteroatoms. The lowest BCUT2D eigenvalue weighted by molar-refractivity contribution is 0.610. The fourth-order valence-corrected chi connectivity index (χ4v) is 5.12. The SMILES string of the molecule is [2H][C@@](Nc1cc(Cl)c2ncc(C#N)c(N[C@H](CC#N)c3ccccc3)c2c1)(c1cccc(C#N)c1)c1cn(C2CC2)nn1. The minimum atomic E-state index is -1.64. The number of hydrogen-bond donors (Lipinski definition) is 2. The number of benzene rings is 3. The molecule has 3 aromatic carbocycles. The van der Waals surface area contributed by atoms with Crippen LogP contribution in [0.15, 0.2) is 79.1 Å². The number of aromatic nitrogens is 4. The first-order valence-electron chi connectivity index (χ1n) is 13.9. The van der Waals surface area contributed by atoms with Crippen molar-refractivity contribution in [1.82, 2.24) is 20.0 Å². The molecular formula is C32H24ClN9. The molecule has 0 aliphatic heterocycles. The Morgan fingerprint density at radius 3 is 2.55 bits per heavy atom. The lowest BCUT2D eigenvalue weighted by Gasteiger charge is -2.22.